The molecule has 0 aromatic heterocycles. The molecule has 6 nitrogen and oxygen atoms in total. The van der Waals surface area contributed by atoms with Crippen LogP contribution in [-0.4, -0.2) is 41.8 Å². The Morgan fingerprint density at radius 3 is 2.48 bits per heavy atom. The molecule has 23 heavy (non-hydrogen) atoms. The van der Waals surface area contributed by atoms with Crippen LogP contribution in [0.15, 0.2) is 29.3 Å². The van der Waals surface area contributed by atoms with E-state index in [0.717, 1.165) is 35.3 Å². The lowest BCUT2D eigenvalue weighted by Crippen LogP contribution is -2.17. The normalized spacial score (nSPS) is 9.52. The zero-order valence-electron chi connectivity index (χ0n) is 12.6. The van der Waals surface area contributed by atoms with Crippen molar-refractivity contribution in [3.05, 3.63) is 39.8 Å². The second-order valence-corrected chi connectivity index (χ2v) is 5.62. The number of hydrogen-bond acceptors (Lipinski definition) is 4. The van der Waals surface area contributed by atoms with Gasteiger partial charge in [0.25, 0.3) is 0 Å². The fraction of sp³-hybridized carbons (Fsp3) is 0.333. The summed E-state index contributed by atoms with van der Waals surface area (Å²) in [6.45, 7) is 8.02. The van der Waals surface area contributed by atoms with Crippen LogP contribution in [0, 0.1) is 6.92 Å². The second-order valence-electron chi connectivity index (χ2n) is 4.36. The zero-order valence-corrected chi connectivity index (χ0v) is 15.0. The number of carboxylic acids is 2. The van der Waals surface area contributed by atoms with Crippen LogP contribution in [0.3, 0.4) is 0 Å². The van der Waals surface area contributed by atoms with Gasteiger partial charge in [-0.3, -0.25) is 0 Å². The number of carboxylic acid groups (broad SMARTS) is 2. The summed E-state index contributed by atoms with van der Waals surface area (Å²) in [5.74, 6) is -2.93. The van der Waals surface area contributed by atoms with Gasteiger partial charge in [0.2, 0.25) is 0 Å². The molecule has 1 aromatic rings. The van der Waals surface area contributed by atoms with E-state index in [9.17, 15) is 0 Å². The standard InChI is InChI=1S/C13H17BrClNO.C2H2O4/c1-3-5-16-6-4-7-17-13-11(14)8-10(2)9-12(13)15;3-1(4)2(5)6/h3,8-9,16H,1,4-7H2,2H3;(H,3,4)(H,5,6). The number of rotatable bonds is 7. The molecule has 0 fully saturated rings. The second kappa shape index (κ2) is 11.9. The summed E-state index contributed by atoms with van der Waals surface area (Å²) in [6, 6.07) is 3.90. The molecule has 0 bridgehead atoms. The minimum Gasteiger partial charge on any atom is -0.491 e. The Morgan fingerprint density at radius 1 is 1.39 bits per heavy atom. The van der Waals surface area contributed by atoms with Gasteiger partial charge in [-0.15, -0.1) is 6.58 Å². The molecule has 0 aliphatic carbocycles. The van der Waals surface area contributed by atoms with E-state index in [-0.39, 0.29) is 0 Å². The van der Waals surface area contributed by atoms with Crippen LogP contribution in [-0.2, 0) is 9.59 Å². The molecule has 128 valence electrons. The highest BCUT2D eigenvalue weighted by molar-refractivity contribution is 9.10. The van der Waals surface area contributed by atoms with Crippen molar-refractivity contribution in [1.82, 2.24) is 5.32 Å². The Labute approximate surface area is 148 Å². The van der Waals surface area contributed by atoms with E-state index in [4.69, 9.17) is 36.1 Å². The van der Waals surface area contributed by atoms with Gasteiger partial charge in [0, 0.05) is 6.54 Å². The van der Waals surface area contributed by atoms with Crippen LogP contribution in [0.2, 0.25) is 5.02 Å². The molecule has 1 aromatic carbocycles. The number of aliphatic carboxylic acids is 2. The van der Waals surface area contributed by atoms with Crippen molar-refractivity contribution in [2.24, 2.45) is 0 Å². The van der Waals surface area contributed by atoms with Crippen molar-refractivity contribution in [1.29, 1.82) is 0 Å². The van der Waals surface area contributed by atoms with Crippen molar-refractivity contribution < 1.29 is 24.5 Å². The molecule has 0 atom stereocenters. The third-order valence-electron chi connectivity index (χ3n) is 2.36. The summed E-state index contributed by atoms with van der Waals surface area (Å²) < 4.78 is 6.56. The summed E-state index contributed by atoms with van der Waals surface area (Å²) >= 11 is 9.57. The quantitative estimate of drug-likeness (QED) is 0.364. The SMILES string of the molecule is C=CCNCCCOc1c(Cl)cc(C)cc1Br.O=C(O)C(=O)O. The van der Waals surface area contributed by atoms with Gasteiger partial charge in [-0.05, 0) is 53.5 Å². The summed E-state index contributed by atoms with van der Waals surface area (Å²) in [5, 5.41) is 18.6. The van der Waals surface area contributed by atoms with E-state index in [1.807, 2.05) is 25.1 Å². The summed E-state index contributed by atoms with van der Waals surface area (Å²) in [5.41, 5.74) is 1.11. The number of aryl methyl sites for hydroxylation is 1. The van der Waals surface area contributed by atoms with Crippen LogP contribution in [0.5, 0.6) is 5.75 Å². The molecule has 0 saturated carbocycles. The van der Waals surface area contributed by atoms with Gasteiger partial charge in [0.15, 0.2) is 5.75 Å². The summed E-state index contributed by atoms with van der Waals surface area (Å²) in [6.07, 6.45) is 2.78. The average molecular weight is 409 g/mol. The molecule has 0 saturated heterocycles. The van der Waals surface area contributed by atoms with E-state index in [1.165, 1.54) is 0 Å². The highest BCUT2D eigenvalue weighted by Crippen LogP contribution is 2.34. The topological polar surface area (TPSA) is 95.9 Å². The fourth-order valence-corrected chi connectivity index (χ4v) is 2.53. The summed E-state index contributed by atoms with van der Waals surface area (Å²) in [4.78, 5) is 18.2. The number of ether oxygens (including phenoxy) is 1. The monoisotopic (exact) mass is 407 g/mol. The van der Waals surface area contributed by atoms with E-state index in [0.29, 0.717) is 11.6 Å². The highest BCUT2D eigenvalue weighted by Gasteiger charge is 2.07. The van der Waals surface area contributed by atoms with Gasteiger partial charge in [-0.2, -0.15) is 0 Å². The molecule has 3 N–H and O–H groups in total. The first kappa shape index (κ1) is 21.4. The number of nitrogens with one attached hydrogen (secondary N) is 1. The Bertz CT molecular complexity index is 516. The maximum atomic E-state index is 9.10. The van der Waals surface area contributed by atoms with E-state index in [1.54, 1.807) is 0 Å². The maximum Gasteiger partial charge on any atom is 0.414 e. The predicted molar refractivity (Wildman–Crippen MR) is 92.3 cm³/mol. The fourth-order valence-electron chi connectivity index (χ4n) is 1.40. The minimum absolute atomic E-state index is 0.644. The van der Waals surface area contributed by atoms with Crippen LogP contribution < -0.4 is 10.1 Å². The smallest absolute Gasteiger partial charge is 0.414 e. The van der Waals surface area contributed by atoms with Crippen molar-refractivity contribution in [2.45, 2.75) is 13.3 Å². The van der Waals surface area contributed by atoms with Crippen LogP contribution in [0.25, 0.3) is 0 Å². The van der Waals surface area contributed by atoms with Gasteiger partial charge in [0.05, 0.1) is 16.1 Å². The molecule has 8 heteroatoms. The first-order chi connectivity index (χ1) is 10.8. The third-order valence-corrected chi connectivity index (χ3v) is 3.23. The molecule has 0 aliphatic heterocycles. The first-order valence-electron chi connectivity index (χ1n) is 6.65. The number of halogens is 2. The number of carbonyl (C=O) groups is 2. The molecule has 0 amide bonds. The molecular formula is C15H19BrClNO5. The van der Waals surface area contributed by atoms with Crippen LogP contribution in [0.1, 0.15) is 12.0 Å². The maximum absolute atomic E-state index is 9.10. The van der Waals surface area contributed by atoms with E-state index >= 15 is 0 Å². The van der Waals surface area contributed by atoms with Gasteiger partial charge in [-0.1, -0.05) is 17.7 Å². The van der Waals surface area contributed by atoms with Crippen molar-refractivity contribution in [3.63, 3.8) is 0 Å². The first-order valence-corrected chi connectivity index (χ1v) is 7.83. The molecule has 0 unspecified atom stereocenters. The minimum atomic E-state index is -1.82. The lowest BCUT2D eigenvalue weighted by atomic mass is 10.2. The average Bonchev–Trinajstić information content (AvgIpc) is 2.45. The van der Waals surface area contributed by atoms with E-state index in [2.05, 4.69) is 27.8 Å². The van der Waals surface area contributed by atoms with E-state index < -0.39 is 11.9 Å². The van der Waals surface area contributed by atoms with Crippen molar-refractivity contribution >= 4 is 39.5 Å². The Hall–Kier alpha value is -1.57. The van der Waals surface area contributed by atoms with Crippen molar-refractivity contribution in [3.8, 4) is 5.75 Å². The number of benzene rings is 1. The van der Waals surface area contributed by atoms with Gasteiger partial charge in [-0.25, -0.2) is 9.59 Å². The third kappa shape index (κ3) is 9.93. The lowest BCUT2D eigenvalue weighted by molar-refractivity contribution is -0.159. The van der Waals surface area contributed by atoms with Gasteiger partial charge >= 0.3 is 11.9 Å². The van der Waals surface area contributed by atoms with Crippen LogP contribution >= 0.6 is 27.5 Å². The van der Waals surface area contributed by atoms with Gasteiger partial charge in [0.1, 0.15) is 0 Å². The Kier molecular flexibility index (Phi) is 11.1. The zero-order chi connectivity index (χ0) is 17.8. The Morgan fingerprint density at radius 2 is 2.00 bits per heavy atom. The summed E-state index contributed by atoms with van der Waals surface area (Å²) in [7, 11) is 0. The molecule has 0 radical (unpaired) electrons. The Balaban J connectivity index is 0.000000688. The van der Waals surface area contributed by atoms with Gasteiger partial charge < -0.3 is 20.3 Å². The molecular weight excluding hydrogens is 390 g/mol. The highest BCUT2D eigenvalue weighted by atomic mass is 79.9. The largest absolute Gasteiger partial charge is 0.491 e. The number of hydrogen-bond donors (Lipinski definition) is 3. The molecule has 1 rings (SSSR count). The molecule has 0 aliphatic rings. The van der Waals surface area contributed by atoms with Crippen LogP contribution in [0.4, 0.5) is 0 Å². The lowest BCUT2D eigenvalue weighted by Gasteiger charge is -2.11. The van der Waals surface area contributed by atoms with Crippen molar-refractivity contribution in [2.75, 3.05) is 19.7 Å². The molecule has 0 spiro atoms. The molecule has 0 heterocycles. The predicted octanol–water partition coefficient (Wildman–Crippen LogP) is 3.11.